The maximum Gasteiger partial charge on any atom is 0.169 e. The van der Waals surface area contributed by atoms with Crippen LogP contribution in [0, 0.1) is 0 Å². The third kappa shape index (κ3) is 19.4. The van der Waals surface area contributed by atoms with Gasteiger partial charge in [0.25, 0.3) is 0 Å². The average molecular weight is 735 g/mol. The van der Waals surface area contributed by atoms with E-state index in [0.29, 0.717) is 0 Å². The van der Waals surface area contributed by atoms with Crippen LogP contribution in [0.4, 0.5) is 0 Å². The molecule has 7 nitrogen and oxygen atoms in total. The average Bonchev–Trinajstić information content (AvgIpc) is 3.13. The van der Waals surface area contributed by atoms with E-state index < -0.39 is 0 Å². The topological polar surface area (TPSA) is 53.9 Å². The Morgan fingerprint density at radius 1 is 0.434 bits per heavy atom. The van der Waals surface area contributed by atoms with E-state index in [2.05, 4.69) is 118 Å². The van der Waals surface area contributed by atoms with Gasteiger partial charge < -0.3 is 23.7 Å². The van der Waals surface area contributed by atoms with Crippen molar-refractivity contribution in [3.63, 3.8) is 0 Å². The fraction of sp³-hybridized carbons (Fsp3) is 0.652. The second kappa shape index (κ2) is 25.3. The molecule has 0 fully saturated rings. The Morgan fingerprint density at radius 3 is 1.19 bits per heavy atom. The second-order valence-corrected chi connectivity index (χ2v) is 16.5. The van der Waals surface area contributed by atoms with Gasteiger partial charge in [0.1, 0.15) is 18.8 Å². The van der Waals surface area contributed by atoms with Crippen molar-refractivity contribution in [1.82, 2.24) is 0 Å². The molecule has 1 aromatic carbocycles. The van der Waals surface area contributed by atoms with E-state index in [0.717, 1.165) is 142 Å². The van der Waals surface area contributed by atoms with Gasteiger partial charge in [-0.2, -0.15) is 0 Å². The lowest BCUT2D eigenvalue weighted by Gasteiger charge is -2.26. The first-order valence-corrected chi connectivity index (χ1v) is 20.6. The summed E-state index contributed by atoms with van der Waals surface area (Å²) in [6, 6.07) is 15.7. The first kappa shape index (κ1) is 44.6. The van der Waals surface area contributed by atoms with Gasteiger partial charge in [-0.25, -0.2) is 9.13 Å². The van der Waals surface area contributed by atoms with Gasteiger partial charge in [-0.15, -0.1) is 0 Å². The maximum atomic E-state index is 6.26. The summed E-state index contributed by atoms with van der Waals surface area (Å²) in [4.78, 5) is 0. The molecule has 0 unspecified atom stereocenters. The Kier molecular flexibility index (Phi) is 21.3. The molecule has 0 radical (unpaired) electrons. The van der Waals surface area contributed by atoms with Gasteiger partial charge in [-0.3, -0.25) is 0 Å². The minimum absolute atomic E-state index is 0.101. The quantitative estimate of drug-likeness (QED) is 0.0550. The van der Waals surface area contributed by atoms with Gasteiger partial charge in [0.15, 0.2) is 24.8 Å². The standard InChI is InChI=1S/C46H74N2O5/c1-45(2,3)42-37-43(46(4,5)6)39-44(38-42)53-36-11-8-9-23-47-25-19-40(20-26-47)41-21-27-48(28-22-41)24-10-12-30-50-32-15-16-34-52-35-18-17-33-51-31-14-13-29-49-7/h19-22,25-28,37-39H,8-18,23-24,29-36H2,1-7H3/q+2. The Bertz CT molecular complexity index is 1330. The van der Waals surface area contributed by atoms with Crippen LogP contribution in [0.15, 0.2) is 67.3 Å². The van der Waals surface area contributed by atoms with Crippen LogP contribution >= 0.6 is 0 Å². The zero-order valence-electron chi connectivity index (χ0n) is 34.6. The Hall–Kier alpha value is -2.84. The largest absolute Gasteiger partial charge is 0.494 e. The molecule has 0 amide bonds. The zero-order chi connectivity index (χ0) is 38.2. The first-order valence-electron chi connectivity index (χ1n) is 20.6. The number of benzene rings is 1. The monoisotopic (exact) mass is 735 g/mol. The molecule has 0 aliphatic rings. The van der Waals surface area contributed by atoms with Crippen LogP contribution in [0.1, 0.15) is 123 Å². The Morgan fingerprint density at radius 2 is 0.792 bits per heavy atom. The lowest BCUT2D eigenvalue weighted by molar-refractivity contribution is -0.697. The molecule has 2 aromatic heterocycles. The minimum atomic E-state index is 0.101. The van der Waals surface area contributed by atoms with Gasteiger partial charge in [0.2, 0.25) is 0 Å². The zero-order valence-corrected chi connectivity index (χ0v) is 34.6. The van der Waals surface area contributed by atoms with Crippen LogP contribution in [0.5, 0.6) is 5.75 Å². The fourth-order valence-electron chi connectivity index (χ4n) is 5.98. The van der Waals surface area contributed by atoms with Crippen LogP contribution in [-0.2, 0) is 42.9 Å². The smallest absolute Gasteiger partial charge is 0.169 e. The van der Waals surface area contributed by atoms with E-state index in [9.17, 15) is 0 Å². The van der Waals surface area contributed by atoms with Crippen LogP contribution in [0.3, 0.4) is 0 Å². The predicted octanol–water partition coefficient (Wildman–Crippen LogP) is 9.59. The number of methoxy groups -OCH3 is 1. The molecule has 7 heteroatoms. The van der Waals surface area contributed by atoms with Gasteiger partial charge in [-0.05, 0) is 103 Å². The number of aromatic nitrogens is 2. The first-order chi connectivity index (χ1) is 25.6. The molecule has 0 N–H and O–H groups in total. The van der Waals surface area contributed by atoms with Gasteiger partial charge >= 0.3 is 0 Å². The van der Waals surface area contributed by atoms with Crippen molar-refractivity contribution < 1.29 is 32.8 Å². The van der Waals surface area contributed by atoms with Crippen LogP contribution in [0.2, 0.25) is 0 Å². The van der Waals surface area contributed by atoms with E-state index in [4.69, 9.17) is 23.7 Å². The van der Waals surface area contributed by atoms with E-state index in [1.165, 1.54) is 22.3 Å². The summed E-state index contributed by atoms with van der Waals surface area (Å²) in [7, 11) is 1.74. The molecule has 0 aliphatic carbocycles. The number of rotatable bonds is 28. The number of aryl methyl sites for hydroxylation is 2. The normalized spacial score (nSPS) is 12.1. The number of hydrogen-bond donors (Lipinski definition) is 0. The number of hydrogen-bond acceptors (Lipinski definition) is 5. The highest BCUT2D eigenvalue weighted by Crippen LogP contribution is 2.33. The summed E-state index contributed by atoms with van der Waals surface area (Å²) in [6.45, 7) is 22.2. The van der Waals surface area contributed by atoms with Crippen molar-refractivity contribution in [3.05, 3.63) is 78.4 Å². The third-order valence-electron chi connectivity index (χ3n) is 9.58. The SMILES string of the molecule is COCCCCOCCCCOCCCCOCCCC[n+]1ccc(-c2cc[n+](CCCCCOc3cc(C(C)(C)C)cc(C(C)(C)C)c3)cc2)cc1. The van der Waals surface area contributed by atoms with Crippen molar-refractivity contribution in [2.75, 3.05) is 60.0 Å². The molecule has 0 spiro atoms. The molecular formula is C46H74N2O5+2. The number of pyridine rings is 2. The van der Waals surface area contributed by atoms with Crippen LogP contribution in [0.25, 0.3) is 11.1 Å². The molecule has 0 atom stereocenters. The van der Waals surface area contributed by atoms with Crippen molar-refractivity contribution in [1.29, 1.82) is 0 Å². The minimum Gasteiger partial charge on any atom is -0.494 e. The lowest BCUT2D eigenvalue weighted by Crippen LogP contribution is -2.33. The molecule has 296 valence electrons. The summed E-state index contributed by atoms with van der Waals surface area (Å²) in [5.41, 5.74) is 5.38. The van der Waals surface area contributed by atoms with Gasteiger partial charge in [0, 0.05) is 90.5 Å². The maximum absolute atomic E-state index is 6.26. The number of nitrogens with zero attached hydrogens (tertiary/aromatic N) is 2. The molecular weight excluding hydrogens is 661 g/mol. The molecule has 0 aliphatic heterocycles. The summed E-state index contributed by atoms with van der Waals surface area (Å²) in [5, 5.41) is 0. The summed E-state index contributed by atoms with van der Waals surface area (Å²) >= 11 is 0. The van der Waals surface area contributed by atoms with Gasteiger partial charge in [-0.1, -0.05) is 47.6 Å². The van der Waals surface area contributed by atoms with Crippen LogP contribution in [-0.4, -0.2) is 60.0 Å². The summed E-state index contributed by atoms with van der Waals surface area (Å²) in [6.07, 6.45) is 20.7. The Balaban J connectivity index is 1.19. The van der Waals surface area contributed by atoms with Crippen molar-refractivity contribution in [2.45, 2.75) is 136 Å². The highest BCUT2D eigenvalue weighted by atomic mass is 16.5. The van der Waals surface area contributed by atoms with Gasteiger partial charge in [0.05, 0.1) is 6.61 Å². The molecule has 2 heterocycles. The van der Waals surface area contributed by atoms with Crippen molar-refractivity contribution in [3.8, 4) is 16.9 Å². The van der Waals surface area contributed by atoms with Crippen molar-refractivity contribution in [2.24, 2.45) is 0 Å². The van der Waals surface area contributed by atoms with E-state index in [1.54, 1.807) is 7.11 Å². The number of ether oxygens (including phenoxy) is 5. The molecule has 0 saturated heterocycles. The lowest BCUT2D eigenvalue weighted by atomic mass is 9.80. The summed E-state index contributed by atoms with van der Waals surface area (Å²) in [5.74, 6) is 1.00. The molecule has 0 bridgehead atoms. The Labute approximate surface area is 323 Å². The van der Waals surface area contributed by atoms with E-state index in [1.807, 2.05) is 0 Å². The highest BCUT2D eigenvalue weighted by molar-refractivity contribution is 5.60. The summed E-state index contributed by atoms with van der Waals surface area (Å²) < 4.78 is 33.1. The van der Waals surface area contributed by atoms with E-state index in [-0.39, 0.29) is 10.8 Å². The predicted molar refractivity (Wildman–Crippen MR) is 217 cm³/mol. The third-order valence-corrected chi connectivity index (χ3v) is 9.58. The molecule has 3 aromatic rings. The molecule has 53 heavy (non-hydrogen) atoms. The van der Waals surface area contributed by atoms with Crippen molar-refractivity contribution >= 4 is 0 Å². The van der Waals surface area contributed by atoms with Crippen LogP contribution < -0.4 is 13.9 Å². The molecule has 0 saturated carbocycles. The second-order valence-electron chi connectivity index (χ2n) is 16.5. The van der Waals surface area contributed by atoms with E-state index >= 15 is 0 Å². The fourth-order valence-corrected chi connectivity index (χ4v) is 5.98. The number of unbranched alkanes of at least 4 members (excludes halogenated alkanes) is 6. The molecule has 3 rings (SSSR count). The highest BCUT2D eigenvalue weighted by Gasteiger charge is 2.21.